The molecule has 1 saturated heterocycles. The van der Waals surface area contributed by atoms with Crippen LogP contribution in [0.4, 0.5) is 0 Å². The summed E-state index contributed by atoms with van der Waals surface area (Å²) in [6, 6.07) is 0. The number of carbonyl (C=O) groups is 1. The molecule has 3 N–H and O–H groups in total. The first kappa shape index (κ1) is 13.5. The topological polar surface area (TPSA) is 58.4 Å². The van der Waals surface area contributed by atoms with Crippen molar-refractivity contribution in [2.75, 3.05) is 33.2 Å². The zero-order valence-corrected chi connectivity index (χ0v) is 10.6. The highest BCUT2D eigenvalue weighted by Gasteiger charge is 2.28. The first-order chi connectivity index (χ1) is 7.56. The number of rotatable bonds is 5. The van der Waals surface area contributed by atoms with Gasteiger partial charge in [0.1, 0.15) is 0 Å². The molecular weight excluding hydrogens is 202 g/mol. The van der Waals surface area contributed by atoms with Crippen LogP contribution in [0.15, 0.2) is 0 Å². The van der Waals surface area contributed by atoms with E-state index in [1.165, 1.54) is 12.8 Å². The number of hydrogen-bond acceptors (Lipinski definition) is 3. The van der Waals surface area contributed by atoms with E-state index in [9.17, 15) is 4.79 Å². The quantitative estimate of drug-likeness (QED) is 0.722. The molecule has 1 amide bonds. The maximum absolute atomic E-state index is 11.5. The molecule has 0 saturated carbocycles. The minimum Gasteiger partial charge on any atom is -0.356 e. The van der Waals surface area contributed by atoms with Gasteiger partial charge in [0.15, 0.2) is 0 Å². The lowest BCUT2D eigenvalue weighted by Gasteiger charge is -2.37. The van der Waals surface area contributed by atoms with E-state index in [2.05, 4.69) is 24.2 Å². The Morgan fingerprint density at radius 2 is 2.06 bits per heavy atom. The van der Waals surface area contributed by atoms with E-state index in [4.69, 9.17) is 5.73 Å². The van der Waals surface area contributed by atoms with Crippen molar-refractivity contribution < 1.29 is 4.79 Å². The molecule has 16 heavy (non-hydrogen) atoms. The summed E-state index contributed by atoms with van der Waals surface area (Å²) in [7, 11) is 2.15. The fraction of sp³-hybridized carbons (Fsp3) is 0.917. The van der Waals surface area contributed by atoms with Crippen molar-refractivity contribution in [2.24, 2.45) is 11.1 Å². The largest absolute Gasteiger partial charge is 0.356 e. The number of piperidine rings is 1. The van der Waals surface area contributed by atoms with E-state index in [-0.39, 0.29) is 11.3 Å². The maximum Gasteiger partial charge on any atom is 0.220 e. The molecule has 0 radical (unpaired) electrons. The molecule has 94 valence electrons. The van der Waals surface area contributed by atoms with Crippen LogP contribution < -0.4 is 11.1 Å². The van der Waals surface area contributed by atoms with Gasteiger partial charge in [0.05, 0.1) is 0 Å². The van der Waals surface area contributed by atoms with Gasteiger partial charge in [-0.25, -0.2) is 0 Å². The predicted octanol–water partition coefficient (Wildman–Crippen LogP) is 0.573. The Labute approximate surface area is 98.6 Å². The minimum absolute atomic E-state index is 0.144. The van der Waals surface area contributed by atoms with Gasteiger partial charge in [0, 0.05) is 13.0 Å². The Bertz CT molecular complexity index is 222. The van der Waals surface area contributed by atoms with E-state index in [1.54, 1.807) is 0 Å². The number of amides is 1. The Balaban J connectivity index is 2.23. The summed E-state index contributed by atoms with van der Waals surface area (Å²) in [6.07, 6.45) is 3.68. The summed E-state index contributed by atoms with van der Waals surface area (Å²) < 4.78 is 0. The third kappa shape index (κ3) is 4.49. The van der Waals surface area contributed by atoms with Crippen LogP contribution in [0.1, 0.15) is 32.6 Å². The van der Waals surface area contributed by atoms with Crippen LogP contribution >= 0.6 is 0 Å². The van der Waals surface area contributed by atoms with Crippen molar-refractivity contribution >= 4 is 5.91 Å². The molecule has 0 spiro atoms. The predicted molar refractivity (Wildman–Crippen MR) is 66.1 cm³/mol. The van der Waals surface area contributed by atoms with Gasteiger partial charge < -0.3 is 16.0 Å². The van der Waals surface area contributed by atoms with Crippen molar-refractivity contribution in [3.05, 3.63) is 0 Å². The molecule has 0 aromatic rings. The summed E-state index contributed by atoms with van der Waals surface area (Å²) in [4.78, 5) is 13.8. The van der Waals surface area contributed by atoms with E-state index < -0.39 is 0 Å². The van der Waals surface area contributed by atoms with Crippen molar-refractivity contribution in [2.45, 2.75) is 32.6 Å². The van der Waals surface area contributed by atoms with E-state index in [0.717, 1.165) is 26.1 Å². The summed E-state index contributed by atoms with van der Waals surface area (Å²) in [5.74, 6) is 0.144. The maximum atomic E-state index is 11.5. The fourth-order valence-corrected chi connectivity index (χ4v) is 2.00. The third-order valence-corrected chi connectivity index (χ3v) is 3.51. The Morgan fingerprint density at radius 3 is 2.62 bits per heavy atom. The van der Waals surface area contributed by atoms with E-state index in [1.807, 2.05) is 0 Å². The first-order valence-electron chi connectivity index (χ1n) is 6.21. The van der Waals surface area contributed by atoms with Gasteiger partial charge in [-0.15, -0.1) is 0 Å². The second kappa shape index (κ2) is 6.21. The van der Waals surface area contributed by atoms with Gasteiger partial charge in [-0.3, -0.25) is 4.79 Å². The smallest absolute Gasteiger partial charge is 0.220 e. The van der Waals surface area contributed by atoms with Gasteiger partial charge >= 0.3 is 0 Å². The Morgan fingerprint density at radius 1 is 1.44 bits per heavy atom. The van der Waals surface area contributed by atoms with Crippen molar-refractivity contribution in [3.8, 4) is 0 Å². The van der Waals surface area contributed by atoms with Crippen molar-refractivity contribution in [1.82, 2.24) is 10.2 Å². The number of likely N-dealkylation sites (tertiary alicyclic amines) is 1. The standard InChI is InChI=1S/C12H25N3O/c1-12(5-8-15(2)9-6-12)10-14-11(16)4-3-7-13/h3-10,13H2,1-2H3,(H,14,16). The molecule has 1 fully saturated rings. The normalized spacial score (nSPS) is 20.7. The van der Waals surface area contributed by atoms with Crippen LogP contribution in [0.5, 0.6) is 0 Å². The average molecular weight is 227 g/mol. The third-order valence-electron chi connectivity index (χ3n) is 3.51. The number of nitrogens with zero attached hydrogens (tertiary/aromatic N) is 1. The number of carbonyl (C=O) groups excluding carboxylic acids is 1. The molecule has 0 aromatic carbocycles. The molecule has 0 bridgehead atoms. The first-order valence-corrected chi connectivity index (χ1v) is 6.21. The van der Waals surface area contributed by atoms with Crippen molar-refractivity contribution in [1.29, 1.82) is 0 Å². The molecule has 1 aliphatic rings. The molecule has 1 heterocycles. The zero-order valence-electron chi connectivity index (χ0n) is 10.6. The molecular formula is C12H25N3O. The zero-order chi connectivity index (χ0) is 12.0. The summed E-state index contributed by atoms with van der Waals surface area (Å²) in [5, 5.41) is 3.03. The molecule has 0 unspecified atom stereocenters. The highest BCUT2D eigenvalue weighted by Crippen LogP contribution is 2.29. The van der Waals surface area contributed by atoms with Gasteiger partial charge in [-0.2, -0.15) is 0 Å². The summed E-state index contributed by atoms with van der Waals surface area (Å²) in [5.41, 5.74) is 5.65. The summed E-state index contributed by atoms with van der Waals surface area (Å²) >= 11 is 0. The fourth-order valence-electron chi connectivity index (χ4n) is 2.00. The lowest BCUT2D eigenvalue weighted by atomic mass is 9.80. The Hall–Kier alpha value is -0.610. The van der Waals surface area contributed by atoms with Gasteiger partial charge in [0.2, 0.25) is 5.91 Å². The molecule has 1 aliphatic heterocycles. The van der Waals surface area contributed by atoms with Crippen LogP contribution in [-0.4, -0.2) is 44.0 Å². The minimum atomic E-state index is 0.144. The van der Waals surface area contributed by atoms with Crippen LogP contribution in [0.2, 0.25) is 0 Å². The average Bonchev–Trinajstić information content (AvgIpc) is 2.28. The number of hydrogen-bond donors (Lipinski definition) is 2. The van der Waals surface area contributed by atoms with Crippen molar-refractivity contribution in [3.63, 3.8) is 0 Å². The molecule has 0 atom stereocenters. The molecule has 4 heteroatoms. The van der Waals surface area contributed by atoms with Gasteiger partial charge in [-0.05, 0) is 51.4 Å². The lowest BCUT2D eigenvalue weighted by Crippen LogP contribution is -2.43. The summed E-state index contributed by atoms with van der Waals surface area (Å²) in [6.45, 7) is 5.94. The SMILES string of the molecule is CN1CCC(C)(CNC(=O)CCCN)CC1. The second-order valence-electron chi connectivity index (χ2n) is 5.28. The van der Waals surface area contributed by atoms with E-state index >= 15 is 0 Å². The molecule has 1 rings (SSSR count). The second-order valence-corrected chi connectivity index (χ2v) is 5.28. The van der Waals surface area contributed by atoms with Crippen LogP contribution in [0.25, 0.3) is 0 Å². The highest BCUT2D eigenvalue weighted by atomic mass is 16.1. The van der Waals surface area contributed by atoms with Gasteiger partial charge in [-0.1, -0.05) is 6.92 Å². The lowest BCUT2D eigenvalue weighted by molar-refractivity contribution is -0.121. The van der Waals surface area contributed by atoms with Gasteiger partial charge in [0.25, 0.3) is 0 Å². The molecule has 4 nitrogen and oxygen atoms in total. The molecule has 0 aliphatic carbocycles. The van der Waals surface area contributed by atoms with Crippen LogP contribution in [0.3, 0.4) is 0 Å². The number of nitrogens with two attached hydrogens (primary N) is 1. The van der Waals surface area contributed by atoms with Crippen LogP contribution in [-0.2, 0) is 4.79 Å². The Kier molecular flexibility index (Phi) is 5.22. The van der Waals surface area contributed by atoms with E-state index in [0.29, 0.717) is 13.0 Å². The highest BCUT2D eigenvalue weighted by molar-refractivity contribution is 5.75. The molecule has 0 aromatic heterocycles. The monoisotopic (exact) mass is 227 g/mol. The number of nitrogens with one attached hydrogen (secondary N) is 1. The van der Waals surface area contributed by atoms with Crippen LogP contribution in [0, 0.1) is 5.41 Å².